The molecule has 1 fully saturated rings. The Hall–Kier alpha value is -2.34. The fourth-order valence-corrected chi connectivity index (χ4v) is 4.07. The summed E-state index contributed by atoms with van der Waals surface area (Å²) in [6.45, 7) is 4.69. The lowest BCUT2D eigenvalue weighted by Gasteiger charge is -2.28. The SMILES string of the molecule is Cc1cc(C)c2cc(CN(CCCO)C(=O)NC3CCCCC3)c(=O)[nH]c2c1. The molecule has 1 aromatic carbocycles. The van der Waals surface area contributed by atoms with E-state index in [-0.39, 0.29) is 30.8 Å². The molecule has 2 amide bonds. The Morgan fingerprint density at radius 1 is 1.21 bits per heavy atom. The molecule has 6 heteroatoms. The number of aromatic nitrogens is 1. The van der Waals surface area contributed by atoms with Crippen LogP contribution in [0.4, 0.5) is 4.79 Å². The molecule has 0 radical (unpaired) electrons. The molecule has 3 rings (SSSR count). The quantitative estimate of drug-likeness (QED) is 0.713. The second-order valence-electron chi connectivity index (χ2n) is 7.95. The van der Waals surface area contributed by atoms with Gasteiger partial charge in [-0.25, -0.2) is 4.79 Å². The molecule has 2 aromatic rings. The van der Waals surface area contributed by atoms with Gasteiger partial charge in [-0.15, -0.1) is 0 Å². The average molecular weight is 386 g/mol. The maximum atomic E-state index is 12.8. The number of carbonyl (C=O) groups excluding carboxylic acids is 1. The third-order valence-electron chi connectivity index (χ3n) is 5.56. The van der Waals surface area contributed by atoms with Crippen molar-refractivity contribution in [2.75, 3.05) is 13.2 Å². The molecule has 0 aliphatic heterocycles. The van der Waals surface area contributed by atoms with E-state index in [0.717, 1.165) is 47.7 Å². The van der Waals surface area contributed by atoms with Crippen molar-refractivity contribution in [3.63, 3.8) is 0 Å². The van der Waals surface area contributed by atoms with Gasteiger partial charge in [0.1, 0.15) is 0 Å². The molecule has 0 spiro atoms. The fraction of sp³-hybridized carbons (Fsp3) is 0.545. The molecule has 3 N–H and O–H groups in total. The number of nitrogens with zero attached hydrogens (tertiary/aromatic N) is 1. The number of rotatable bonds is 6. The summed E-state index contributed by atoms with van der Waals surface area (Å²) in [6, 6.07) is 6.00. The topological polar surface area (TPSA) is 85.4 Å². The number of aromatic amines is 1. The predicted molar refractivity (Wildman–Crippen MR) is 112 cm³/mol. The number of nitrogens with one attached hydrogen (secondary N) is 2. The fourth-order valence-electron chi connectivity index (χ4n) is 4.07. The van der Waals surface area contributed by atoms with Gasteiger partial charge in [-0.2, -0.15) is 0 Å². The molecule has 28 heavy (non-hydrogen) atoms. The zero-order valence-electron chi connectivity index (χ0n) is 16.9. The number of carbonyl (C=O) groups is 1. The number of pyridine rings is 1. The van der Waals surface area contributed by atoms with E-state index in [2.05, 4.69) is 16.4 Å². The van der Waals surface area contributed by atoms with Gasteiger partial charge in [-0.1, -0.05) is 25.3 Å². The van der Waals surface area contributed by atoms with Crippen LogP contribution in [0.3, 0.4) is 0 Å². The molecule has 0 bridgehead atoms. The highest BCUT2D eigenvalue weighted by atomic mass is 16.3. The Kier molecular flexibility index (Phi) is 6.73. The number of urea groups is 1. The van der Waals surface area contributed by atoms with Crippen molar-refractivity contribution in [1.29, 1.82) is 0 Å². The van der Waals surface area contributed by atoms with Crippen LogP contribution in [0.15, 0.2) is 23.0 Å². The lowest BCUT2D eigenvalue weighted by atomic mass is 9.96. The molecular weight excluding hydrogens is 354 g/mol. The molecular formula is C22H31N3O3. The Balaban J connectivity index is 1.82. The Morgan fingerprint density at radius 3 is 2.68 bits per heavy atom. The summed E-state index contributed by atoms with van der Waals surface area (Å²) in [5, 5.41) is 13.3. The van der Waals surface area contributed by atoms with Crippen LogP contribution in [-0.2, 0) is 6.54 Å². The summed E-state index contributed by atoms with van der Waals surface area (Å²) in [7, 11) is 0. The van der Waals surface area contributed by atoms with Crippen LogP contribution in [-0.4, -0.2) is 40.2 Å². The van der Waals surface area contributed by atoms with E-state index in [1.807, 2.05) is 26.0 Å². The minimum Gasteiger partial charge on any atom is -0.396 e. The van der Waals surface area contributed by atoms with Gasteiger partial charge in [-0.3, -0.25) is 4.79 Å². The smallest absolute Gasteiger partial charge is 0.317 e. The molecule has 152 valence electrons. The van der Waals surface area contributed by atoms with Crippen molar-refractivity contribution in [2.45, 2.75) is 65.0 Å². The highest BCUT2D eigenvalue weighted by molar-refractivity contribution is 5.83. The second kappa shape index (κ2) is 9.24. The number of aliphatic hydroxyl groups excluding tert-OH is 1. The number of aliphatic hydroxyl groups is 1. The van der Waals surface area contributed by atoms with Gasteiger partial charge in [0.15, 0.2) is 0 Å². The Bertz CT molecular complexity index is 884. The van der Waals surface area contributed by atoms with Gasteiger partial charge < -0.3 is 20.3 Å². The number of hydrogen-bond acceptors (Lipinski definition) is 3. The van der Waals surface area contributed by atoms with Crippen molar-refractivity contribution in [3.05, 3.63) is 45.2 Å². The first-order valence-electron chi connectivity index (χ1n) is 10.3. The number of amides is 2. The van der Waals surface area contributed by atoms with Crippen LogP contribution in [0, 0.1) is 13.8 Å². The van der Waals surface area contributed by atoms with Crippen molar-refractivity contribution in [3.8, 4) is 0 Å². The van der Waals surface area contributed by atoms with Gasteiger partial charge >= 0.3 is 6.03 Å². The molecule has 0 unspecified atom stereocenters. The van der Waals surface area contributed by atoms with Gasteiger partial charge in [0.05, 0.1) is 6.54 Å². The van der Waals surface area contributed by atoms with E-state index in [0.29, 0.717) is 18.5 Å². The minimum absolute atomic E-state index is 0.0136. The number of hydrogen-bond donors (Lipinski definition) is 3. The highest BCUT2D eigenvalue weighted by Gasteiger charge is 2.21. The minimum atomic E-state index is -0.169. The number of fused-ring (bicyclic) bond motifs is 1. The van der Waals surface area contributed by atoms with Gasteiger partial charge in [0, 0.05) is 35.7 Å². The number of benzene rings is 1. The standard InChI is InChI=1S/C22H31N3O3/c1-15-11-16(2)19-13-17(21(27)24-20(19)12-15)14-25(9-6-10-26)22(28)23-18-7-4-3-5-8-18/h11-13,18,26H,3-10,14H2,1-2H3,(H,23,28)(H,24,27). The summed E-state index contributed by atoms with van der Waals surface area (Å²) in [4.78, 5) is 30.0. The van der Waals surface area contributed by atoms with E-state index in [4.69, 9.17) is 0 Å². The second-order valence-corrected chi connectivity index (χ2v) is 7.95. The lowest BCUT2D eigenvalue weighted by molar-refractivity contribution is 0.179. The third kappa shape index (κ3) is 4.93. The molecule has 1 heterocycles. The zero-order valence-corrected chi connectivity index (χ0v) is 16.9. The van der Waals surface area contributed by atoms with Crippen LogP contribution in [0.2, 0.25) is 0 Å². The van der Waals surface area contributed by atoms with E-state index in [1.165, 1.54) is 6.42 Å². The molecule has 1 saturated carbocycles. The van der Waals surface area contributed by atoms with E-state index in [9.17, 15) is 14.7 Å². The maximum absolute atomic E-state index is 12.8. The first kappa shape index (κ1) is 20.4. The monoisotopic (exact) mass is 385 g/mol. The summed E-state index contributed by atoms with van der Waals surface area (Å²) >= 11 is 0. The lowest BCUT2D eigenvalue weighted by Crippen LogP contribution is -2.46. The maximum Gasteiger partial charge on any atom is 0.317 e. The Morgan fingerprint density at radius 2 is 1.96 bits per heavy atom. The van der Waals surface area contributed by atoms with E-state index in [1.54, 1.807) is 4.90 Å². The van der Waals surface area contributed by atoms with Crippen molar-refractivity contribution >= 4 is 16.9 Å². The van der Waals surface area contributed by atoms with Crippen molar-refractivity contribution in [1.82, 2.24) is 15.2 Å². The molecule has 1 aliphatic carbocycles. The molecule has 1 aromatic heterocycles. The van der Waals surface area contributed by atoms with Gasteiger partial charge in [0.25, 0.3) is 5.56 Å². The van der Waals surface area contributed by atoms with Crippen LogP contribution in [0.5, 0.6) is 0 Å². The van der Waals surface area contributed by atoms with Crippen LogP contribution < -0.4 is 10.9 Å². The third-order valence-corrected chi connectivity index (χ3v) is 5.56. The zero-order chi connectivity index (χ0) is 20.1. The molecule has 0 saturated heterocycles. The first-order valence-corrected chi connectivity index (χ1v) is 10.3. The highest BCUT2D eigenvalue weighted by Crippen LogP contribution is 2.20. The normalized spacial score (nSPS) is 15.0. The molecule has 0 atom stereocenters. The number of aryl methyl sites for hydroxylation is 2. The molecule has 1 aliphatic rings. The van der Waals surface area contributed by atoms with Crippen molar-refractivity contribution < 1.29 is 9.90 Å². The van der Waals surface area contributed by atoms with Crippen LogP contribution >= 0.6 is 0 Å². The van der Waals surface area contributed by atoms with Gasteiger partial charge in [0.2, 0.25) is 0 Å². The number of H-pyrrole nitrogens is 1. The first-order chi connectivity index (χ1) is 13.5. The predicted octanol–water partition coefficient (Wildman–Crippen LogP) is 3.37. The largest absolute Gasteiger partial charge is 0.396 e. The Labute approximate surface area is 165 Å². The van der Waals surface area contributed by atoms with E-state index >= 15 is 0 Å². The summed E-state index contributed by atoms with van der Waals surface area (Å²) in [5.74, 6) is 0. The summed E-state index contributed by atoms with van der Waals surface area (Å²) in [5.41, 5.74) is 3.42. The summed E-state index contributed by atoms with van der Waals surface area (Å²) in [6.07, 6.45) is 6.02. The van der Waals surface area contributed by atoms with Crippen LogP contribution in [0.25, 0.3) is 10.9 Å². The summed E-state index contributed by atoms with van der Waals surface area (Å²) < 4.78 is 0. The van der Waals surface area contributed by atoms with E-state index < -0.39 is 0 Å². The molecule has 6 nitrogen and oxygen atoms in total. The average Bonchev–Trinajstić information content (AvgIpc) is 2.66. The van der Waals surface area contributed by atoms with Crippen LogP contribution in [0.1, 0.15) is 55.2 Å². The van der Waals surface area contributed by atoms with Gasteiger partial charge in [-0.05, 0) is 56.4 Å². The van der Waals surface area contributed by atoms with Crippen molar-refractivity contribution in [2.24, 2.45) is 0 Å².